The fourth-order valence-electron chi connectivity index (χ4n) is 3.02. The predicted octanol–water partition coefficient (Wildman–Crippen LogP) is 4.66. The van der Waals surface area contributed by atoms with E-state index in [1.54, 1.807) is 36.4 Å². The van der Waals surface area contributed by atoms with Crippen molar-refractivity contribution in [1.82, 2.24) is 15.5 Å². The number of benzene rings is 3. The number of aromatic nitrogens is 2. The number of hydrogen-bond donors (Lipinski definition) is 1. The summed E-state index contributed by atoms with van der Waals surface area (Å²) in [6, 6.07) is 20.8. The molecule has 0 fully saturated rings. The zero-order valence-corrected chi connectivity index (χ0v) is 16.8. The number of aryl methyl sites for hydroxylation is 1. The van der Waals surface area contributed by atoms with Crippen molar-refractivity contribution in [2.24, 2.45) is 0 Å². The van der Waals surface area contributed by atoms with E-state index in [1.165, 1.54) is 12.1 Å². The maximum absolute atomic E-state index is 13.5. The summed E-state index contributed by atoms with van der Waals surface area (Å²) in [6.45, 7) is 2.39. The topological polar surface area (TPSA) is 77.2 Å². The van der Waals surface area contributed by atoms with Crippen LogP contribution in [0.4, 0.5) is 4.39 Å². The van der Waals surface area contributed by atoms with Crippen LogP contribution in [0.3, 0.4) is 0 Å². The molecular weight excluding hydrogens is 397 g/mol. The largest absolute Gasteiger partial charge is 0.489 e. The lowest BCUT2D eigenvalue weighted by Crippen LogP contribution is -2.28. The van der Waals surface area contributed by atoms with Crippen LogP contribution in [0, 0.1) is 12.7 Å². The Kier molecular flexibility index (Phi) is 6.03. The summed E-state index contributed by atoms with van der Waals surface area (Å²) in [5.41, 5.74) is 3.12. The highest BCUT2D eigenvalue weighted by Crippen LogP contribution is 2.26. The van der Waals surface area contributed by atoms with Gasteiger partial charge in [-0.15, -0.1) is 10.2 Å². The Labute approximate surface area is 178 Å². The molecule has 156 valence electrons. The molecule has 1 amide bonds. The van der Waals surface area contributed by atoms with Crippen LogP contribution in [0.25, 0.3) is 22.9 Å². The van der Waals surface area contributed by atoms with Gasteiger partial charge < -0.3 is 14.5 Å². The second-order valence-electron chi connectivity index (χ2n) is 6.84. The van der Waals surface area contributed by atoms with Gasteiger partial charge in [-0.3, -0.25) is 4.79 Å². The third-order valence-corrected chi connectivity index (χ3v) is 4.68. The van der Waals surface area contributed by atoms with Crippen LogP contribution in [0.2, 0.25) is 0 Å². The van der Waals surface area contributed by atoms with E-state index in [2.05, 4.69) is 15.5 Å². The van der Waals surface area contributed by atoms with Gasteiger partial charge in [-0.2, -0.15) is 0 Å². The molecule has 31 heavy (non-hydrogen) atoms. The van der Waals surface area contributed by atoms with Gasteiger partial charge in [0.25, 0.3) is 5.91 Å². The molecule has 4 aromatic rings. The molecule has 7 heteroatoms. The van der Waals surface area contributed by atoms with Crippen molar-refractivity contribution in [1.29, 1.82) is 0 Å². The predicted molar refractivity (Wildman–Crippen MR) is 114 cm³/mol. The summed E-state index contributed by atoms with van der Waals surface area (Å²) in [7, 11) is 0. The lowest BCUT2D eigenvalue weighted by molar-refractivity contribution is 0.0946. The Bertz CT molecular complexity index is 1190. The van der Waals surface area contributed by atoms with Crippen LogP contribution in [0.1, 0.15) is 15.9 Å². The third-order valence-electron chi connectivity index (χ3n) is 4.68. The first-order chi connectivity index (χ1) is 15.1. The molecule has 0 aliphatic heterocycles. The molecule has 4 rings (SSSR count). The molecule has 0 spiro atoms. The molecule has 3 aromatic carbocycles. The van der Waals surface area contributed by atoms with E-state index >= 15 is 0 Å². The van der Waals surface area contributed by atoms with Crippen molar-refractivity contribution >= 4 is 5.91 Å². The second-order valence-corrected chi connectivity index (χ2v) is 6.84. The molecule has 0 aliphatic rings. The van der Waals surface area contributed by atoms with Crippen molar-refractivity contribution in [2.75, 3.05) is 13.2 Å². The molecule has 1 heterocycles. The molecule has 0 atom stereocenters. The molecule has 6 nitrogen and oxygen atoms in total. The van der Waals surface area contributed by atoms with Crippen LogP contribution in [0.15, 0.2) is 77.2 Å². The van der Waals surface area contributed by atoms with E-state index in [4.69, 9.17) is 9.15 Å². The number of ether oxygens (including phenoxy) is 1. The summed E-state index contributed by atoms with van der Waals surface area (Å²) in [6.07, 6.45) is 0. The highest BCUT2D eigenvalue weighted by Gasteiger charge is 2.13. The first kappa shape index (κ1) is 20.3. The number of nitrogens with one attached hydrogen (secondary N) is 1. The number of carbonyl (C=O) groups is 1. The number of hydrogen-bond acceptors (Lipinski definition) is 5. The molecule has 1 N–H and O–H groups in total. The minimum Gasteiger partial charge on any atom is -0.489 e. The minimum atomic E-state index is -0.434. The Balaban J connectivity index is 1.34. The third kappa shape index (κ3) is 4.78. The van der Waals surface area contributed by atoms with Crippen molar-refractivity contribution in [2.45, 2.75) is 6.92 Å². The first-order valence-electron chi connectivity index (χ1n) is 9.77. The Morgan fingerprint density at radius 3 is 2.45 bits per heavy atom. The van der Waals surface area contributed by atoms with Gasteiger partial charge in [-0.05, 0) is 55.0 Å². The van der Waals surface area contributed by atoms with Crippen LogP contribution < -0.4 is 10.1 Å². The molecule has 0 unspecified atom stereocenters. The van der Waals surface area contributed by atoms with Gasteiger partial charge in [0.1, 0.15) is 6.61 Å². The summed E-state index contributed by atoms with van der Waals surface area (Å²) >= 11 is 0. The summed E-state index contributed by atoms with van der Waals surface area (Å²) in [4.78, 5) is 12.3. The zero-order chi connectivity index (χ0) is 21.6. The average molecular weight is 417 g/mol. The zero-order valence-electron chi connectivity index (χ0n) is 16.8. The monoisotopic (exact) mass is 417 g/mol. The first-order valence-corrected chi connectivity index (χ1v) is 9.77. The van der Waals surface area contributed by atoms with Gasteiger partial charge in [0.2, 0.25) is 11.8 Å². The quantitative estimate of drug-likeness (QED) is 0.443. The number of nitrogens with zero attached hydrogens (tertiary/aromatic N) is 2. The number of rotatable bonds is 7. The van der Waals surface area contributed by atoms with Gasteiger partial charge in [-0.25, -0.2) is 4.39 Å². The van der Waals surface area contributed by atoms with Crippen LogP contribution in [-0.4, -0.2) is 29.3 Å². The fraction of sp³-hybridized carbons (Fsp3) is 0.125. The highest BCUT2D eigenvalue weighted by molar-refractivity contribution is 5.94. The lowest BCUT2D eigenvalue weighted by Gasteiger charge is -2.08. The Hall–Kier alpha value is -4.00. The van der Waals surface area contributed by atoms with Crippen LogP contribution in [0.5, 0.6) is 5.75 Å². The van der Waals surface area contributed by atoms with Gasteiger partial charge >= 0.3 is 0 Å². The molecule has 0 bridgehead atoms. The molecular formula is C24H20FN3O3. The van der Waals surface area contributed by atoms with Crippen molar-refractivity contribution in [3.8, 4) is 28.7 Å². The second kappa shape index (κ2) is 9.21. The maximum Gasteiger partial charge on any atom is 0.251 e. The normalized spacial score (nSPS) is 10.6. The van der Waals surface area contributed by atoms with E-state index in [0.717, 1.165) is 11.1 Å². The van der Waals surface area contributed by atoms with E-state index in [1.807, 2.05) is 31.2 Å². The number of para-hydroxylation sites is 1. The van der Waals surface area contributed by atoms with Gasteiger partial charge in [0, 0.05) is 16.7 Å². The number of amides is 1. The highest BCUT2D eigenvalue weighted by atomic mass is 19.1. The Morgan fingerprint density at radius 1 is 0.968 bits per heavy atom. The smallest absolute Gasteiger partial charge is 0.251 e. The molecule has 0 saturated carbocycles. The van der Waals surface area contributed by atoms with Crippen LogP contribution in [-0.2, 0) is 0 Å². The van der Waals surface area contributed by atoms with Gasteiger partial charge in [0.05, 0.1) is 6.54 Å². The maximum atomic E-state index is 13.5. The molecule has 1 aromatic heterocycles. The summed E-state index contributed by atoms with van der Waals surface area (Å²) in [5, 5.41) is 11.0. The van der Waals surface area contributed by atoms with E-state index in [-0.39, 0.29) is 24.8 Å². The standard InChI is InChI=1S/C24H20FN3O3/c1-16-6-2-3-7-19(16)24-28-27-23(31-24)18-12-10-17(11-13-18)22(29)26-14-15-30-21-9-5-4-8-20(21)25/h2-13H,14-15H2,1H3,(H,26,29). The van der Waals surface area contributed by atoms with E-state index in [0.29, 0.717) is 22.9 Å². The minimum absolute atomic E-state index is 0.158. The van der Waals surface area contributed by atoms with Crippen molar-refractivity contribution in [3.63, 3.8) is 0 Å². The molecule has 0 aliphatic carbocycles. The summed E-state index contributed by atoms with van der Waals surface area (Å²) in [5.74, 6) is 0.296. The van der Waals surface area contributed by atoms with Crippen molar-refractivity contribution in [3.05, 3.63) is 89.7 Å². The van der Waals surface area contributed by atoms with E-state index < -0.39 is 5.82 Å². The van der Waals surface area contributed by atoms with Crippen molar-refractivity contribution < 1.29 is 18.3 Å². The van der Waals surface area contributed by atoms with Crippen LogP contribution >= 0.6 is 0 Å². The lowest BCUT2D eigenvalue weighted by atomic mass is 10.1. The Morgan fingerprint density at radius 2 is 1.68 bits per heavy atom. The average Bonchev–Trinajstić information content (AvgIpc) is 3.28. The summed E-state index contributed by atoms with van der Waals surface area (Å²) < 4.78 is 24.6. The van der Waals surface area contributed by atoms with Gasteiger partial charge in [-0.1, -0.05) is 30.3 Å². The number of carbonyl (C=O) groups excluding carboxylic acids is 1. The number of halogens is 1. The fourth-order valence-corrected chi connectivity index (χ4v) is 3.02. The molecule has 0 radical (unpaired) electrons. The van der Waals surface area contributed by atoms with Gasteiger partial charge in [0.15, 0.2) is 11.6 Å². The molecule has 0 saturated heterocycles. The SMILES string of the molecule is Cc1ccccc1-c1nnc(-c2ccc(C(=O)NCCOc3ccccc3F)cc2)o1. The van der Waals surface area contributed by atoms with E-state index in [9.17, 15) is 9.18 Å².